The zero-order chi connectivity index (χ0) is 19.1. The van der Waals surface area contributed by atoms with E-state index in [4.69, 9.17) is 4.74 Å². The number of nitrogens with one attached hydrogen (secondary N) is 2. The monoisotopic (exact) mass is 402 g/mol. The van der Waals surface area contributed by atoms with Crippen LogP contribution >= 0.6 is 12.4 Å². The van der Waals surface area contributed by atoms with Crippen LogP contribution in [0.4, 0.5) is 5.69 Å². The van der Waals surface area contributed by atoms with Crippen LogP contribution in [0.2, 0.25) is 0 Å². The summed E-state index contributed by atoms with van der Waals surface area (Å²) in [5.41, 5.74) is 1.85. The zero-order valence-corrected chi connectivity index (χ0v) is 17.5. The number of piperidine rings is 1. The van der Waals surface area contributed by atoms with Crippen molar-refractivity contribution in [1.29, 1.82) is 0 Å². The number of ether oxygens (including phenoxy) is 1. The van der Waals surface area contributed by atoms with Crippen molar-refractivity contribution in [1.82, 2.24) is 5.32 Å². The van der Waals surface area contributed by atoms with Crippen LogP contribution in [-0.4, -0.2) is 19.0 Å². The molecule has 2 aromatic carbocycles. The van der Waals surface area contributed by atoms with Gasteiger partial charge in [0.25, 0.3) is 0 Å². The minimum Gasteiger partial charge on any atom is -0.484 e. The molecule has 4 nitrogen and oxygen atoms in total. The molecule has 2 atom stereocenters. The van der Waals surface area contributed by atoms with Gasteiger partial charge in [0, 0.05) is 6.42 Å². The lowest BCUT2D eigenvalue weighted by molar-refractivity contribution is -0.117. The van der Waals surface area contributed by atoms with Crippen LogP contribution in [0.15, 0.2) is 54.6 Å². The molecule has 0 aromatic heterocycles. The quantitative estimate of drug-likeness (QED) is 0.668. The van der Waals surface area contributed by atoms with Gasteiger partial charge in [-0.05, 0) is 62.4 Å². The third-order valence-electron chi connectivity index (χ3n) is 5.43. The van der Waals surface area contributed by atoms with Crippen molar-refractivity contribution < 1.29 is 9.53 Å². The summed E-state index contributed by atoms with van der Waals surface area (Å²) in [7, 11) is 0. The first-order chi connectivity index (χ1) is 13.1. The van der Waals surface area contributed by atoms with Crippen LogP contribution in [0.5, 0.6) is 5.75 Å². The Morgan fingerprint density at radius 3 is 2.43 bits per heavy atom. The summed E-state index contributed by atoms with van der Waals surface area (Å²) in [5.74, 6) is 1.78. The number of anilines is 1. The summed E-state index contributed by atoms with van der Waals surface area (Å²) in [5, 5.41) is 6.44. The first-order valence-electron chi connectivity index (χ1n) is 9.94. The van der Waals surface area contributed by atoms with Gasteiger partial charge in [0.1, 0.15) is 11.9 Å². The molecule has 1 aliphatic heterocycles. The van der Waals surface area contributed by atoms with Crippen LogP contribution in [0.3, 0.4) is 0 Å². The molecule has 1 heterocycles. The van der Waals surface area contributed by atoms with Crippen molar-refractivity contribution in [3.63, 3.8) is 0 Å². The molecule has 0 bridgehead atoms. The minimum atomic E-state index is -0.0853. The van der Waals surface area contributed by atoms with Crippen molar-refractivity contribution in [2.45, 2.75) is 39.2 Å². The zero-order valence-electron chi connectivity index (χ0n) is 16.7. The standard InChI is InChI=1S/C23H30N2O2.ClH/c1-17(19-12-14-24-15-13-19)16-23(26)25-21-10-6-7-11-22(21)27-18(2)20-8-4-3-5-9-20;/h3-11,17-19,24H,12-16H2,1-2H3,(H,25,26);1H. The normalized spacial score (nSPS) is 16.5. The molecule has 3 rings (SSSR count). The molecule has 1 fully saturated rings. The van der Waals surface area contributed by atoms with E-state index in [2.05, 4.69) is 17.6 Å². The van der Waals surface area contributed by atoms with Gasteiger partial charge in [0.05, 0.1) is 5.69 Å². The Bertz CT molecular complexity index is 732. The molecule has 1 amide bonds. The lowest BCUT2D eigenvalue weighted by Gasteiger charge is -2.28. The Kier molecular flexibility index (Phi) is 8.81. The van der Waals surface area contributed by atoms with E-state index >= 15 is 0 Å². The van der Waals surface area contributed by atoms with Crippen LogP contribution in [0.25, 0.3) is 0 Å². The van der Waals surface area contributed by atoms with Crippen molar-refractivity contribution in [3.05, 3.63) is 60.2 Å². The van der Waals surface area contributed by atoms with Crippen molar-refractivity contribution in [2.24, 2.45) is 11.8 Å². The van der Waals surface area contributed by atoms with Gasteiger partial charge in [-0.1, -0.05) is 49.4 Å². The highest BCUT2D eigenvalue weighted by Gasteiger charge is 2.22. The summed E-state index contributed by atoms with van der Waals surface area (Å²) in [6.45, 7) is 6.33. The van der Waals surface area contributed by atoms with Crippen LogP contribution < -0.4 is 15.4 Å². The molecular weight excluding hydrogens is 372 g/mol. The van der Waals surface area contributed by atoms with Gasteiger partial charge in [-0.2, -0.15) is 0 Å². The second kappa shape index (κ2) is 11.1. The maximum atomic E-state index is 12.6. The number of hydrogen-bond donors (Lipinski definition) is 2. The summed E-state index contributed by atoms with van der Waals surface area (Å²) >= 11 is 0. The fourth-order valence-electron chi connectivity index (χ4n) is 3.73. The smallest absolute Gasteiger partial charge is 0.224 e. The Labute approximate surface area is 174 Å². The van der Waals surface area contributed by atoms with Gasteiger partial charge in [-0.3, -0.25) is 4.79 Å². The van der Waals surface area contributed by atoms with Gasteiger partial charge in [0.2, 0.25) is 5.91 Å². The summed E-state index contributed by atoms with van der Waals surface area (Å²) in [4.78, 5) is 12.6. The van der Waals surface area contributed by atoms with Gasteiger partial charge in [0.15, 0.2) is 0 Å². The van der Waals surface area contributed by atoms with Crippen LogP contribution in [0, 0.1) is 11.8 Å². The second-order valence-electron chi connectivity index (χ2n) is 7.48. The number of carbonyl (C=O) groups excluding carboxylic acids is 1. The Hall–Kier alpha value is -2.04. The van der Waals surface area contributed by atoms with E-state index in [0.29, 0.717) is 24.0 Å². The molecule has 0 spiro atoms. The molecule has 2 aromatic rings. The van der Waals surface area contributed by atoms with E-state index in [1.54, 1.807) is 0 Å². The fraction of sp³-hybridized carbons (Fsp3) is 0.435. The molecule has 0 radical (unpaired) electrons. The number of hydrogen-bond acceptors (Lipinski definition) is 3. The van der Waals surface area contributed by atoms with Gasteiger partial charge in [-0.15, -0.1) is 12.4 Å². The summed E-state index contributed by atoms with van der Waals surface area (Å²) in [6.07, 6.45) is 2.77. The highest BCUT2D eigenvalue weighted by Crippen LogP contribution is 2.30. The van der Waals surface area contributed by atoms with Crippen molar-refractivity contribution in [3.8, 4) is 5.75 Å². The fourth-order valence-corrected chi connectivity index (χ4v) is 3.73. The van der Waals surface area contributed by atoms with Gasteiger partial charge >= 0.3 is 0 Å². The number of carbonyl (C=O) groups is 1. The average Bonchev–Trinajstić information content (AvgIpc) is 2.70. The average molecular weight is 403 g/mol. The molecule has 28 heavy (non-hydrogen) atoms. The van der Waals surface area contributed by atoms with Crippen LogP contribution in [-0.2, 0) is 4.79 Å². The first-order valence-corrected chi connectivity index (χ1v) is 9.94. The number of rotatable bonds is 7. The van der Waals surface area contributed by atoms with E-state index < -0.39 is 0 Å². The predicted octanol–water partition coefficient (Wildman–Crippen LogP) is 5.21. The molecule has 1 saturated heterocycles. The van der Waals surface area contributed by atoms with Gasteiger partial charge in [-0.25, -0.2) is 0 Å². The van der Waals surface area contributed by atoms with E-state index in [-0.39, 0.29) is 24.4 Å². The number of amides is 1. The Morgan fingerprint density at radius 1 is 1.07 bits per heavy atom. The van der Waals surface area contributed by atoms with E-state index in [0.717, 1.165) is 37.2 Å². The number of halogens is 1. The summed E-state index contributed by atoms with van der Waals surface area (Å²) in [6, 6.07) is 17.8. The molecule has 0 saturated carbocycles. The molecule has 2 unspecified atom stereocenters. The molecule has 152 valence electrons. The lowest BCUT2D eigenvalue weighted by atomic mass is 9.84. The topological polar surface area (TPSA) is 50.4 Å². The summed E-state index contributed by atoms with van der Waals surface area (Å²) < 4.78 is 6.13. The van der Waals surface area contributed by atoms with Crippen molar-refractivity contribution in [2.75, 3.05) is 18.4 Å². The highest BCUT2D eigenvalue weighted by atomic mass is 35.5. The number of benzene rings is 2. The third-order valence-corrected chi connectivity index (χ3v) is 5.43. The molecule has 0 aliphatic carbocycles. The number of para-hydroxylation sites is 2. The van der Waals surface area contributed by atoms with Crippen molar-refractivity contribution >= 4 is 24.0 Å². The SMILES string of the molecule is CC(Oc1ccccc1NC(=O)CC(C)C1CCNCC1)c1ccccc1.Cl. The molecular formula is C23H31ClN2O2. The maximum absolute atomic E-state index is 12.6. The lowest BCUT2D eigenvalue weighted by Crippen LogP contribution is -2.32. The Balaban J connectivity index is 0.00000280. The highest BCUT2D eigenvalue weighted by molar-refractivity contribution is 5.92. The molecule has 2 N–H and O–H groups in total. The van der Waals surface area contributed by atoms with E-state index in [1.807, 2.05) is 61.5 Å². The second-order valence-corrected chi connectivity index (χ2v) is 7.48. The van der Waals surface area contributed by atoms with Crippen LogP contribution in [0.1, 0.15) is 44.8 Å². The first kappa shape index (κ1) is 22.3. The van der Waals surface area contributed by atoms with Gasteiger partial charge < -0.3 is 15.4 Å². The third kappa shape index (κ3) is 6.25. The maximum Gasteiger partial charge on any atom is 0.224 e. The molecule has 1 aliphatic rings. The molecule has 5 heteroatoms. The Morgan fingerprint density at radius 2 is 1.71 bits per heavy atom. The van der Waals surface area contributed by atoms with E-state index in [1.165, 1.54) is 0 Å². The largest absolute Gasteiger partial charge is 0.484 e. The van der Waals surface area contributed by atoms with E-state index in [9.17, 15) is 4.79 Å². The predicted molar refractivity (Wildman–Crippen MR) is 117 cm³/mol. The minimum absolute atomic E-state index is 0.